The molecule has 0 fully saturated rings. The number of nitrogens with one attached hydrogen (secondary N) is 1. The molecule has 2 aromatic rings. The van der Waals surface area contributed by atoms with Gasteiger partial charge in [0.2, 0.25) is 15.8 Å². The summed E-state index contributed by atoms with van der Waals surface area (Å²) < 4.78 is 43.4. The molecule has 0 bridgehead atoms. The van der Waals surface area contributed by atoms with Crippen molar-refractivity contribution in [2.24, 2.45) is 0 Å². The molecule has 0 heterocycles. The molecule has 1 N–H and O–H groups in total. The first-order valence-electron chi connectivity index (χ1n) is 7.79. The fraction of sp³-hybridized carbons (Fsp3) is 0.333. The Labute approximate surface area is 148 Å². The molecule has 2 rings (SSSR count). The van der Waals surface area contributed by atoms with Crippen molar-refractivity contribution in [3.63, 3.8) is 0 Å². The van der Waals surface area contributed by atoms with Gasteiger partial charge in [-0.15, -0.1) is 0 Å². The van der Waals surface area contributed by atoms with Crippen molar-refractivity contribution in [1.82, 2.24) is 4.72 Å². The Balaban J connectivity index is 1.99. The Bertz CT molecular complexity index is 833. The first kappa shape index (κ1) is 19.1. The lowest BCUT2D eigenvalue weighted by Crippen LogP contribution is -2.28. The van der Waals surface area contributed by atoms with Gasteiger partial charge in [0.15, 0.2) is 11.5 Å². The van der Waals surface area contributed by atoms with Crippen molar-refractivity contribution >= 4 is 10.0 Å². The summed E-state index contributed by atoms with van der Waals surface area (Å²) in [5.41, 5.74) is 1.73. The fourth-order valence-electron chi connectivity index (χ4n) is 2.49. The molecule has 2 aromatic carbocycles. The summed E-state index contributed by atoms with van der Waals surface area (Å²) in [6.45, 7) is 4.00. The topological polar surface area (TPSA) is 73.9 Å². The number of ether oxygens (including phenoxy) is 3. The Morgan fingerprint density at radius 2 is 1.72 bits per heavy atom. The molecule has 0 aliphatic rings. The molecule has 0 spiro atoms. The van der Waals surface area contributed by atoms with Crippen LogP contribution < -0.4 is 18.9 Å². The highest BCUT2D eigenvalue weighted by atomic mass is 32.2. The van der Waals surface area contributed by atoms with Crippen LogP contribution in [-0.4, -0.2) is 35.8 Å². The van der Waals surface area contributed by atoms with E-state index < -0.39 is 10.0 Å². The minimum absolute atomic E-state index is 0.135. The fourth-order valence-corrected chi connectivity index (χ4v) is 3.72. The third-order valence-corrected chi connectivity index (χ3v) is 5.26. The zero-order valence-corrected chi connectivity index (χ0v) is 15.6. The van der Waals surface area contributed by atoms with Gasteiger partial charge in [-0.2, -0.15) is 0 Å². The van der Waals surface area contributed by atoms with E-state index in [1.54, 1.807) is 44.4 Å². The van der Waals surface area contributed by atoms with Crippen LogP contribution in [0.4, 0.5) is 0 Å². The van der Waals surface area contributed by atoms with Crippen molar-refractivity contribution in [3.8, 4) is 17.2 Å². The van der Waals surface area contributed by atoms with Gasteiger partial charge in [-0.05, 0) is 37.6 Å². The van der Waals surface area contributed by atoms with E-state index in [0.717, 1.165) is 5.56 Å². The maximum absolute atomic E-state index is 12.4. The van der Waals surface area contributed by atoms with Crippen molar-refractivity contribution in [2.45, 2.75) is 18.7 Å². The smallest absolute Gasteiger partial charge is 0.240 e. The molecule has 0 atom stereocenters. The number of benzene rings is 2. The summed E-state index contributed by atoms with van der Waals surface area (Å²) in [7, 11) is -0.514. The van der Waals surface area contributed by atoms with E-state index in [2.05, 4.69) is 4.72 Å². The van der Waals surface area contributed by atoms with Crippen LogP contribution in [0, 0.1) is 13.8 Å². The molecule has 7 heteroatoms. The minimum Gasteiger partial charge on any atom is -0.493 e. The SMILES string of the molecule is COc1cccc(OCCNS(=O)(=O)c2ccc(C)cc2C)c1OC. The molecule has 0 saturated carbocycles. The first-order chi connectivity index (χ1) is 11.9. The molecule has 6 nitrogen and oxygen atoms in total. The van der Waals surface area contributed by atoms with Gasteiger partial charge in [0, 0.05) is 6.54 Å². The Hall–Kier alpha value is -2.25. The number of para-hydroxylation sites is 1. The van der Waals surface area contributed by atoms with Gasteiger partial charge in [0.05, 0.1) is 19.1 Å². The van der Waals surface area contributed by atoms with Gasteiger partial charge < -0.3 is 14.2 Å². The van der Waals surface area contributed by atoms with Crippen LogP contribution in [0.1, 0.15) is 11.1 Å². The Morgan fingerprint density at radius 3 is 2.36 bits per heavy atom. The zero-order chi connectivity index (χ0) is 18.4. The molecule has 0 aliphatic heterocycles. The van der Waals surface area contributed by atoms with Crippen LogP contribution in [0.15, 0.2) is 41.3 Å². The minimum atomic E-state index is -3.58. The van der Waals surface area contributed by atoms with Crippen LogP contribution in [0.25, 0.3) is 0 Å². The van der Waals surface area contributed by atoms with E-state index in [4.69, 9.17) is 14.2 Å². The monoisotopic (exact) mass is 365 g/mol. The summed E-state index contributed by atoms with van der Waals surface area (Å²) in [5.74, 6) is 1.52. The second kappa shape index (κ2) is 8.22. The summed E-state index contributed by atoms with van der Waals surface area (Å²) >= 11 is 0. The number of sulfonamides is 1. The maximum atomic E-state index is 12.4. The highest BCUT2D eigenvalue weighted by Gasteiger charge is 2.16. The van der Waals surface area contributed by atoms with Crippen LogP contribution in [-0.2, 0) is 10.0 Å². The van der Waals surface area contributed by atoms with E-state index in [1.165, 1.54) is 7.11 Å². The molecule has 0 amide bonds. The third kappa shape index (κ3) is 4.64. The average Bonchev–Trinajstić information content (AvgIpc) is 2.57. The summed E-state index contributed by atoms with van der Waals surface area (Å²) in [6, 6.07) is 10.5. The number of methoxy groups -OCH3 is 2. The highest BCUT2D eigenvalue weighted by molar-refractivity contribution is 7.89. The van der Waals surface area contributed by atoms with Crippen LogP contribution in [0.5, 0.6) is 17.2 Å². The van der Waals surface area contributed by atoms with Gasteiger partial charge in [-0.3, -0.25) is 0 Å². The standard InChI is InChI=1S/C18H23NO5S/c1-13-8-9-17(14(2)12-13)25(20,21)19-10-11-24-16-7-5-6-15(22-3)18(16)23-4/h5-9,12,19H,10-11H2,1-4H3. The molecule has 0 aliphatic carbocycles. The third-order valence-electron chi connectivity index (χ3n) is 3.64. The van der Waals surface area contributed by atoms with Crippen molar-refractivity contribution < 1.29 is 22.6 Å². The van der Waals surface area contributed by atoms with E-state index in [0.29, 0.717) is 22.8 Å². The van der Waals surface area contributed by atoms with Crippen LogP contribution >= 0.6 is 0 Å². The van der Waals surface area contributed by atoms with Gasteiger partial charge in [0.25, 0.3) is 0 Å². The predicted octanol–water partition coefficient (Wildman–Crippen LogP) is 2.68. The predicted molar refractivity (Wildman–Crippen MR) is 96.1 cm³/mol. The number of hydrogen-bond acceptors (Lipinski definition) is 5. The maximum Gasteiger partial charge on any atom is 0.240 e. The second-order valence-electron chi connectivity index (χ2n) is 5.51. The highest BCUT2D eigenvalue weighted by Crippen LogP contribution is 2.36. The number of aryl methyl sites for hydroxylation is 2. The molecule has 25 heavy (non-hydrogen) atoms. The van der Waals surface area contributed by atoms with Gasteiger partial charge in [-0.25, -0.2) is 13.1 Å². The molecule has 0 unspecified atom stereocenters. The molecule has 0 radical (unpaired) electrons. The van der Waals surface area contributed by atoms with Crippen LogP contribution in [0.3, 0.4) is 0 Å². The summed E-state index contributed by atoms with van der Waals surface area (Å²) in [5, 5.41) is 0. The lowest BCUT2D eigenvalue weighted by molar-refractivity contribution is 0.287. The lowest BCUT2D eigenvalue weighted by Gasteiger charge is -2.14. The number of rotatable bonds is 8. The van der Waals surface area contributed by atoms with Crippen LogP contribution in [0.2, 0.25) is 0 Å². The van der Waals surface area contributed by atoms with Crippen molar-refractivity contribution in [2.75, 3.05) is 27.4 Å². The molecule has 0 aromatic heterocycles. The largest absolute Gasteiger partial charge is 0.493 e. The number of hydrogen-bond donors (Lipinski definition) is 1. The average molecular weight is 365 g/mol. The molecule has 136 valence electrons. The summed E-state index contributed by atoms with van der Waals surface area (Å²) in [6.07, 6.45) is 0. The van der Waals surface area contributed by atoms with Crippen molar-refractivity contribution in [3.05, 3.63) is 47.5 Å². The lowest BCUT2D eigenvalue weighted by atomic mass is 10.2. The van der Waals surface area contributed by atoms with Gasteiger partial charge in [0.1, 0.15) is 6.61 Å². The Kier molecular flexibility index (Phi) is 6.27. The van der Waals surface area contributed by atoms with E-state index in [9.17, 15) is 8.42 Å². The first-order valence-corrected chi connectivity index (χ1v) is 9.28. The second-order valence-corrected chi connectivity index (χ2v) is 7.24. The molecule has 0 saturated heterocycles. The molecular weight excluding hydrogens is 342 g/mol. The Morgan fingerprint density at radius 1 is 1.00 bits per heavy atom. The summed E-state index contributed by atoms with van der Waals surface area (Å²) in [4.78, 5) is 0.275. The van der Waals surface area contributed by atoms with E-state index >= 15 is 0 Å². The van der Waals surface area contributed by atoms with Crippen molar-refractivity contribution in [1.29, 1.82) is 0 Å². The van der Waals surface area contributed by atoms with Gasteiger partial charge >= 0.3 is 0 Å². The van der Waals surface area contributed by atoms with E-state index in [-0.39, 0.29) is 18.0 Å². The quantitative estimate of drug-likeness (QED) is 0.728. The molecular formula is C18H23NO5S. The van der Waals surface area contributed by atoms with Gasteiger partial charge in [-0.1, -0.05) is 23.8 Å². The van der Waals surface area contributed by atoms with E-state index in [1.807, 2.05) is 13.0 Å². The normalized spacial score (nSPS) is 11.2. The zero-order valence-electron chi connectivity index (χ0n) is 14.8.